The van der Waals surface area contributed by atoms with Crippen molar-refractivity contribution < 1.29 is 0 Å². The van der Waals surface area contributed by atoms with Crippen LogP contribution in [0.15, 0.2) is 35.3 Å². The van der Waals surface area contributed by atoms with Crippen LogP contribution >= 0.6 is 24.0 Å². The van der Waals surface area contributed by atoms with E-state index in [1.807, 2.05) is 7.05 Å². The summed E-state index contributed by atoms with van der Waals surface area (Å²) in [6.07, 6.45) is 5.31. The summed E-state index contributed by atoms with van der Waals surface area (Å²) in [4.78, 5) is 6.90. The number of guanidine groups is 1. The molecule has 3 rings (SSSR count). The van der Waals surface area contributed by atoms with Crippen LogP contribution in [0.2, 0.25) is 0 Å². The maximum Gasteiger partial charge on any atom is 0.191 e. The van der Waals surface area contributed by atoms with E-state index in [1.165, 1.54) is 44.3 Å². The molecule has 0 aromatic heterocycles. The van der Waals surface area contributed by atoms with Gasteiger partial charge in [-0.25, -0.2) is 0 Å². The molecule has 0 spiro atoms. The SMILES string of the molecule is CN=C(NCCN1CCCCC1)NC1CC1c1ccccc1.I. The highest BCUT2D eigenvalue weighted by Gasteiger charge is 2.38. The number of piperidine rings is 1. The normalized spacial score (nSPS) is 24.7. The molecule has 0 radical (unpaired) electrons. The van der Waals surface area contributed by atoms with Gasteiger partial charge in [0.1, 0.15) is 0 Å². The standard InChI is InChI=1S/C18H28N4.HI/c1-19-18(20-10-13-22-11-6-3-7-12-22)21-17-14-16(17)15-8-4-2-5-9-15;/h2,4-5,8-9,16-17H,3,6-7,10-14H2,1H3,(H2,19,20,21);1H. The third kappa shape index (κ3) is 5.64. The summed E-state index contributed by atoms with van der Waals surface area (Å²) in [5.41, 5.74) is 1.43. The van der Waals surface area contributed by atoms with Gasteiger partial charge in [-0.2, -0.15) is 0 Å². The second-order valence-corrected chi connectivity index (χ2v) is 6.41. The number of benzene rings is 1. The Morgan fingerprint density at radius 1 is 1.17 bits per heavy atom. The molecule has 1 aliphatic carbocycles. The van der Waals surface area contributed by atoms with Gasteiger partial charge in [-0.15, -0.1) is 24.0 Å². The van der Waals surface area contributed by atoms with Gasteiger partial charge in [0.15, 0.2) is 5.96 Å². The van der Waals surface area contributed by atoms with Crippen molar-refractivity contribution in [2.24, 2.45) is 4.99 Å². The number of nitrogens with one attached hydrogen (secondary N) is 2. The topological polar surface area (TPSA) is 39.7 Å². The highest BCUT2D eigenvalue weighted by atomic mass is 127. The summed E-state index contributed by atoms with van der Waals surface area (Å²) >= 11 is 0. The molecule has 1 saturated heterocycles. The molecular weight excluding hydrogens is 399 g/mol. The maximum absolute atomic E-state index is 4.35. The van der Waals surface area contributed by atoms with Crippen molar-refractivity contribution in [1.82, 2.24) is 15.5 Å². The van der Waals surface area contributed by atoms with Crippen LogP contribution < -0.4 is 10.6 Å². The lowest BCUT2D eigenvalue weighted by Gasteiger charge is -2.26. The first-order valence-electron chi connectivity index (χ1n) is 8.61. The molecular formula is C18H29IN4. The third-order valence-electron chi connectivity index (χ3n) is 4.73. The van der Waals surface area contributed by atoms with Crippen LogP contribution in [-0.4, -0.2) is 50.1 Å². The Hall–Kier alpha value is -0.820. The zero-order valence-electron chi connectivity index (χ0n) is 14.0. The number of likely N-dealkylation sites (tertiary alicyclic amines) is 1. The molecule has 23 heavy (non-hydrogen) atoms. The molecule has 1 aromatic carbocycles. The van der Waals surface area contributed by atoms with Gasteiger partial charge in [-0.05, 0) is 37.9 Å². The highest BCUT2D eigenvalue weighted by Crippen LogP contribution is 2.40. The molecule has 128 valence electrons. The van der Waals surface area contributed by atoms with Gasteiger partial charge in [0.2, 0.25) is 0 Å². The van der Waals surface area contributed by atoms with Crippen LogP contribution in [0.1, 0.15) is 37.2 Å². The number of halogens is 1. The smallest absolute Gasteiger partial charge is 0.191 e. The number of nitrogens with zero attached hydrogens (tertiary/aromatic N) is 2. The predicted molar refractivity (Wildman–Crippen MR) is 108 cm³/mol. The molecule has 0 amide bonds. The van der Waals surface area contributed by atoms with Crippen LogP contribution in [0, 0.1) is 0 Å². The fourth-order valence-corrected chi connectivity index (χ4v) is 3.31. The summed E-state index contributed by atoms with van der Waals surface area (Å²) in [6, 6.07) is 11.3. The lowest BCUT2D eigenvalue weighted by atomic mass is 10.1. The Morgan fingerprint density at radius 2 is 1.91 bits per heavy atom. The molecule has 1 heterocycles. The monoisotopic (exact) mass is 428 g/mol. The Labute approximate surface area is 157 Å². The van der Waals surface area contributed by atoms with Crippen molar-refractivity contribution in [3.8, 4) is 0 Å². The lowest BCUT2D eigenvalue weighted by Crippen LogP contribution is -2.43. The van der Waals surface area contributed by atoms with Crippen molar-refractivity contribution in [2.45, 2.75) is 37.6 Å². The van der Waals surface area contributed by atoms with Crippen molar-refractivity contribution in [3.05, 3.63) is 35.9 Å². The van der Waals surface area contributed by atoms with E-state index in [4.69, 9.17) is 0 Å². The average molecular weight is 428 g/mol. The lowest BCUT2D eigenvalue weighted by molar-refractivity contribution is 0.232. The Morgan fingerprint density at radius 3 is 2.61 bits per heavy atom. The van der Waals surface area contributed by atoms with E-state index >= 15 is 0 Å². The number of hydrogen-bond donors (Lipinski definition) is 2. The summed E-state index contributed by atoms with van der Waals surface area (Å²) in [5.74, 6) is 1.59. The van der Waals surface area contributed by atoms with Gasteiger partial charge in [-0.1, -0.05) is 36.8 Å². The molecule has 1 saturated carbocycles. The van der Waals surface area contributed by atoms with Gasteiger partial charge < -0.3 is 15.5 Å². The summed E-state index contributed by atoms with van der Waals surface area (Å²) in [6.45, 7) is 4.61. The molecule has 1 aromatic rings. The molecule has 2 atom stereocenters. The molecule has 4 nitrogen and oxygen atoms in total. The quantitative estimate of drug-likeness (QED) is 0.431. The van der Waals surface area contributed by atoms with Gasteiger partial charge in [0, 0.05) is 32.1 Å². The molecule has 2 N–H and O–H groups in total. The number of hydrogen-bond acceptors (Lipinski definition) is 2. The van der Waals surface area contributed by atoms with Gasteiger partial charge >= 0.3 is 0 Å². The van der Waals surface area contributed by atoms with E-state index in [-0.39, 0.29) is 24.0 Å². The van der Waals surface area contributed by atoms with Crippen molar-refractivity contribution in [2.75, 3.05) is 33.2 Å². The van der Waals surface area contributed by atoms with E-state index in [2.05, 4.69) is 50.9 Å². The van der Waals surface area contributed by atoms with Crippen molar-refractivity contribution in [3.63, 3.8) is 0 Å². The molecule has 2 aliphatic rings. The van der Waals surface area contributed by atoms with E-state index in [0.717, 1.165) is 19.0 Å². The summed E-state index contributed by atoms with van der Waals surface area (Å²) < 4.78 is 0. The van der Waals surface area contributed by atoms with Gasteiger partial charge in [-0.3, -0.25) is 4.99 Å². The highest BCUT2D eigenvalue weighted by molar-refractivity contribution is 14.0. The first-order valence-corrected chi connectivity index (χ1v) is 8.61. The zero-order chi connectivity index (χ0) is 15.2. The minimum Gasteiger partial charge on any atom is -0.355 e. The minimum atomic E-state index is 0. The largest absolute Gasteiger partial charge is 0.355 e. The minimum absolute atomic E-state index is 0. The van der Waals surface area contributed by atoms with Crippen LogP contribution in [0.4, 0.5) is 0 Å². The summed E-state index contributed by atoms with van der Waals surface area (Å²) in [7, 11) is 1.86. The van der Waals surface area contributed by atoms with Gasteiger partial charge in [0.05, 0.1) is 0 Å². The third-order valence-corrected chi connectivity index (χ3v) is 4.73. The molecule has 2 fully saturated rings. The fraction of sp³-hybridized carbons (Fsp3) is 0.611. The zero-order valence-corrected chi connectivity index (χ0v) is 16.3. The van der Waals surface area contributed by atoms with E-state index in [0.29, 0.717) is 12.0 Å². The van der Waals surface area contributed by atoms with Crippen LogP contribution in [0.25, 0.3) is 0 Å². The first-order chi connectivity index (χ1) is 10.9. The Balaban J connectivity index is 0.00000192. The fourth-order valence-electron chi connectivity index (χ4n) is 3.31. The molecule has 2 unspecified atom stereocenters. The molecule has 5 heteroatoms. The van der Waals surface area contributed by atoms with Crippen LogP contribution in [-0.2, 0) is 0 Å². The van der Waals surface area contributed by atoms with Crippen LogP contribution in [0.3, 0.4) is 0 Å². The van der Waals surface area contributed by atoms with Gasteiger partial charge in [0.25, 0.3) is 0 Å². The second-order valence-electron chi connectivity index (χ2n) is 6.41. The Kier molecular flexibility index (Phi) is 7.62. The Bertz CT molecular complexity index is 485. The first kappa shape index (κ1) is 18.5. The summed E-state index contributed by atoms with van der Waals surface area (Å²) in [5, 5.41) is 7.00. The van der Waals surface area contributed by atoms with Crippen molar-refractivity contribution >= 4 is 29.9 Å². The number of aliphatic imine (C=N–C) groups is 1. The van der Waals surface area contributed by atoms with E-state index < -0.39 is 0 Å². The maximum atomic E-state index is 4.35. The van der Waals surface area contributed by atoms with E-state index in [1.54, 1.807) is 0 Å². The number of rotatable bonds is 5. The molecule has 0 bridgehead atoms. The van der Waals surface area contributed by atoms with E-state index in [9.17, 15) is 0 Å². The van der Waals surface area contributed by atoms with Crippen molar-refractivity contribution in [1.29, 1.82) is 0 Å². The molecule has 1 aliphatic heterocycles. The predicted octanol–water partition coefficient (Wildman–Crippen LogP) is 2.81. The van der Waals surface area contributed by atoms with Crippen LogP contribution in [0.5, 0.6) is 0 Å². The second kappa shape index (κ2) is 9.47. The average Bonchev–Trinajstić information content (AvgIpc) is 3.35.